The normalized spacial score (nSPS) is 10.7. The zero-order valence-corrected chi connectivity index (χ0v) is 10.5. The summed E-state index contributed by atoms with van der Waals surface area (Å²) in [6.07, 6.45) is 5.08. The van der Waals surface area contributed by atoms with Crippen LogP contribution in [-0.4, -0.2) is 27.1 Å². The molecule has 2 aromatic heterocycles. The Morgan fingerprint density at radius 3 is 2.90 bits per heavy atom. The van der Waals surface area contributed by atoms with Crippen LogP contribution in [0.4, 0.5) is 5.88 Å². The van der Waals surface area contributed by atoms with Crippen molar-refractivity contribution in [3.05, 3.63) is 47.4 Å². The molecule has 20 heavy (non-hydrogen) atoms. The molecule has 2 aromatic rings. The van der Waals surface area contributed by atoms with Crippen molar-refractivity contribution in [3.63, 3.8) is 0 Å². The number of hydrogen-bond acceptors (Lipinski definition) is 5. The Bertz CT molecular complexity index is 676. The molecule has 2 heterocycles. The van der Waals surface area contributed by atoms with Crippen molar-refractivity contribution in [2.75, 3.05) is 5.32 Å². The van der Waals surface area contributed by atoms with Crippen molar-refractivity contribution in [2.45, 2.75) is 6.92 Å². The number of rotatable bonds is 4. The van der Waals surface area contributed by atoms with Crippen LogP contribution in [0.25, 0.3) is 6.08 Å². The van der Waals surface area contributed by atoms with Gasteiger partial charge >= 0.3 is 5.97 Å². The number of aryl methyl sites for hydroxylation is 1. The molecule has 102 valence electrons. The summed E-state index contributed by atoms with van der Waals surface area (Å²) in [4.78, 5) is 26.5. The highest BCUT2D eigenvalue weighted by atomic mass is 16.5. The van der Waals surface area contributed by atoms with Crippen LogP contribution < -0.4 is 5.32 Å². The Morgan fingerprint density at radius 2 is 2.25 bits per heavy atom. The maximum absolute atomic E-state index is 12.1. The first-order chi connectivity index (χ1) is 9.56. The van der Waals surface area contributed by atoms with E-state index in [2.05, 4.69) is 15.5 Å². The van der Waals surface area contributed by atoms with Crippen molar-refractivity contribution in [1.82, 2.24) is 10.1 Å². The fourth-order valence-electron chi connectivity index (χ4n) is 1.51. The quantitative estimate of drug-likeness (QED) is 0.822. The van der Waals surface area contributed by atoms with E-state index < -0.39 is 11.9 Å². The number of carboxylic acids is 1. The van der Waals surface area contributed by atoms with E-state index in [9.17, 15) is 9.59 Å². The smallest absolute Gasteiger partial charge is 0.328 e. The summed E-state index contributed by atoms with van der Waals surface area (Å²) < 4.78 is 4.88. The van der Waals surface area contributed by atoms with Gasteiger partial charge in [-0.1, -0.05) is 5.16 Å². The van der Waals surface area contributed by atoms with E-state index in [1.165, 1.54) is 24.5 Å². The largest absolute Gasteiger partial charge is 0.478 e. The van der Waals surface area contributed by atoms with Gasteiger partial charge in [0.25, 0.3) is 5.91 Å². The highest BCUT2D eigenvalue weighted by Gasteiger charge is 2.12. The third kappa shape index (κ3) is 3.29. The lowest BCUT2D eigenvalue weighted by molar-refractivity contribution is -0.131. The minimum atomic E-state index is -1.11. The second-order valence-electron chi connectivity index (χ2n) is 3.92. The highest BCUT2D eigenvalue weighted by Crippen LogP contribution is 2.14. The predicted octanol–water partition coefficient (Wildman–Crippen LogP) is 1.73. The average molecular weight is 273 g/mol. The second-order valence-corrected chi connectivity index (χ2v) is 3.92. The Morgan fingerprint density at radius 1 is 1.45 bits per heavy atom. The summed E-state index contributed by atoms with van der Waals surface area (Å²) >= 11 is 0. The molecule has 0 aliphatic carbocycles. The van der Waals surface area contributed by atoms with E-state index in [4.69, 9.17) is 9.63 Å². The molecule has 0 aromatic carbocycles. The minimum absolute atomic E-state index is 0.220. The third-order valence-corrected chi connectivity index (χ3v) is 2.37. The van der Waals surface area contributed by atoms with Gasteiger partial charge in [0.05, 0.1) is 11.3 Å². The molecule has 0 fully saturated rings. The molecule has 2 rings (SSSR count). The molecule has 7 heteroatoms. The lowest BCUT2D eigenvalue weighted by Gasteiger charge is -2.04. The predicted molar refractivity (Wildman–Crippen MR) is 70.1 cm³/mol. The molecule has 0 bridgehead atoms. The monoisotopic (exact) mass is 273 g/mol. The maximum Gasteiger partial charge on any atom is 0.328 e. The molecule has 0 saturated carbocycles. The Hall–Kier alpha value is -2.96. The average Bonchev–Trinajstić information content (AvgIpc) is 2.82. The van der Waals surface area contributed by atoms with Crippen LogP contribution in [0.5, 0.6) is 0 Å². The van der Waals surface area contributed by atoms with Crippen LogP contribution in [0.1, 0.15) is 21.6 Å². The van der Waals surface area contributed by atoms with Gasteiger partial charge < -0.3 is 9.63 Å². The second kappa shape index (κ2) is 5.79. The molecule has 0 aliphatic rings. The van der Waals surface area contributed by atoms with E-state index in [1.54, 1.807) is 13.0 Å². The summed E-state index contributed by atoms with van der Waals surface area (Å²) in [7, 11) is 0. The van der Waals surface area contributed by atoms with Crippen LogP contribution in [0, 0.1) is 6.92 Å². The lowest BCUT2D eigenvalue weighted by Crippen LogP contribution is -2.13. The number of nitrogens with one attached hydrogen (secondary N) is 1. The van der Waals surface area contributed by atoms with Crippen molar-refractivity contribution >= 4 is 23.8 Å². The highest BCUT2D eigenvalue weighted by molar-refractivity contribution is 6.06. The first-order valence-corrected chi connectivity index (χ1v) is 5.66. The van der Waals surface area contributed by atoms with Crippen LogP contribution in [0.15, 0.2) is 35.1 Å². The molecule has 0 saturated heterocycles. The SMILES string of the molecule is Cc1cc(NC(=O)c2ccncc2C=CC(=O)O)on1. The molecular formula is C13H11N3O4. The first-order valence-electron chi connectivity index (χ1n) is 5.66. The van der Waals surface area contributed by atoms with Crippen LogP contribution in [0.2, 0.25) is 0 Å². The van der Waals surface area contributed by atoms with Crippen molar-refractivity contribution in [3.8, 4) is 0 Å². The number of aliphatic carboxylic acids is 1. The van der Waals surface area contributed by atoms with Crippen molar-refractivity contribution in [2.24, 2.45) is 0 Å². The van der Waals surface area contributed by atoms with Gasteiger partial charge in [-0.15, -0.1) is 0 Å². The van der Waals surface area contributed by atoms with Crippen molar-refractivity contribution in [1.29, 1.82) is 0 Å². The van der Waals surface area contributed by atoms with Gasteiger partial charge in [0.15, 0.2) is 0 Å². The first kappa shape index (κ1) is 13.5. The molecule has 0 aliphatic heterocycles. The Labute approximate surface area is 113 Å². The molecule has 7 nitrogen and oxygen atoms in total. The fraction of sp³-hybridized carbons (Fsp3) is 0.0769. The molecule has 0 unspecified atom stereocenters. The van der Waals surface area contributed by atoms with Gasteiger partial charge in [-0.2, -0.15) is 0 Å². The van der Waals surface area contributed by atoms with Crippen molar-refractivity contribution < 1.29 is 19.2 Å². The number of amides is 1. The summed E-state index contributed by atoms with van der Waals surface area (Å²) in [5.41, 5.74) is 1.32. The topological polar surface area (TPSA) is 105 Å². The van der Waals surface area contributed by atoms with Crippen LogP contribution in [-0.2, 0) is 4.79 Å². The summed E-state index contributed by atoms with van der Waals surface area (Å²) in [5.74, 6) is -1.32. The third-order valence-electron chi connectivity index (χ3n) is 2.37. The number of carbonyl (C=O) groups excluding carboxylic acids is 1. The lowest BCUT2D eigenvalue weighted by atomic mass is 10.1. The summed E-state index contributed by atoms with van der Waals surface area (Å²) in [6, 6.07) is 3.06. The van der Waals surface area contributed by atoms with E-state index in [0.29, 0.717) is 11.3 Å². The van der Waals surface area contributed by atoms with E-state index in [-0.39, 0.29) is 11.4 Å². The summed E-state index contributed by atoms with van der Waals surface area (Å²) in [6.45, 7) is 1.73. The van der Waals surface area contributed by atoms with Crippen LogP contribution >= 0.6 is 0 Å². The number of carbonyl (C=O) groups is 2. The zero-order valence-electron chi connectivity index (χ0n) is 10.5. The standard InChI is InChI=1S/C13H11N3O4/c1-8-6-11(20-16-8)15-13(19)10-4-5-14-7-9(10)2-3-12(17)18/h2-7H,1H3,(H,15,19)(H,17,18). The maximum atomic E-state index is 12.1. The number of nitrogens with zero attached hydrogens (tertiary/aromatic N) is 2. The van der Waals surface area contributed by atoms with Gasteiger partial charge in [-0.05, 0) is 19.1 Å². The fourth-order valence-corrected chi connectivity index (χ4v) is 1.51. The number of aromatic nitrogens is 2. The van der Waals surface area contributed by atoms with E-state index in [0.717, 1.165) is 6.08 Å². The van der Waals surface area contributed by atoms with Crippen LogP contribution in [0.3, 0.4) is 0 Å². The zero-order chi connectivity index (χ0) is 14.5. The van der Waals surface area contributed by atoms with E-state index in [1.807, 2.05) is 0 Å². The Kier molecular flexibility index (Phi) is 3.90. The van der Waals surface area contributed by atoms with E-state index >= 15 is 0 Å². The van der Waals surface area contributed by atoms with Gasteiger partial charge in [0, 0.05) is 30.1 Å². The Balaban J connectivity index is 2.23. The minimum Gasteiger partial charge on any atom is -0.478 e. The molecule has 2 N–H and O–H groups in total. The van der Waals surface area contributed by atoms with Gasteiger partial charge in [0.1, 0.15) is 0 Å². The molecule has 0 spiro atoms. The van der Waals surface area contributed by atoms with Gasteiger partial charge in [-0.25, -0.2) is 4.79 Å². The number of hydrogen-bond donors (Lipinski definition) is 2. The molecular weight excluding hydrogens is 262 g/mol. The van der Waals surface area contributed by atoms with Gasteiger partial charge in [-0.3, -0.25) is 15.1 Å². The number of anilines is 1. The molecule has 1 amide bonds. The number of carboxylic acid groups (broad SMARTS) is 1. The van der Waals surface area contributed by atoms with Gasteiger partial charge in [0.2, 0.25) is 5.88 Å². The molecule has 0 radical (unpaired) electrons. The molecule has 0 atom stereocenters. The number of pyridine rings is 1. The summed E-state index contributed by atoms with van der Waals surface area (Å²) in [5, 5.41) is 14.8.